The Labute approximate surface area is 104 Å². The summed E-state index contributed by atoms with van der Waals surface area (Å²) >= 11 is 1.56. The summed E-state index contributed by atoms with van der Waals surface area (Å²) in [5, 5.41) is 2.79. The Bertz CT molecular complexity index is 435. The van der Waals surface area contributed by atoms with Crippen LogP contribution in [0, 0.1) is 0 Å². The summed E-state index contributed by atoms with van der Waals surface area (Å²) in [6, 6.07) is 8.20. The fourth-order valence-corrected chi connectivity index (χ4v) is 2.23. The number of carbonyl (C=O) groups excluding carboxylic acids is 2. The smallest absolute Gasteiger partial charge is 0.324 e. The van der Waals surface area contributed by atoms with Crippen LogP contribution in [-0.2, 0) is 4.79 Å². The normalized spacial score (nSPS) is 21.5. The summed E-state index contributed by atoms with van der Waals surface area (Å²) in [6.07, 6.45) is 1.93. The van der Waals surface area contributed by atoms with E-state index in [0.29, 0.717) is 5.69 Å². The van der Waals surface area contributed by atoms with Crippen LogP contribution >= 0.6 is 11.8 Å². The summed E-state index contributed by atoms with van der Waals surface area (Å²) in [5.74, 6) is -0.178. The Morgan fingerprint density at radius 1 is 1.29 bits per heavy atom. The molecule has 0 aliphatic carbocycles. The maximum atomic E-state index is 12.1. The zero-order chi connectivity index (χ0) is 12.4. The Hall–Kier alpha value is -1.49. The molecule has 2 rings (SSSR count). The van der Waals surface area contributed by atoms with Gasteiger partial charge in [-0.3, -0.25) is 4.79 Å². The molecule has 2 unspecified atom stereocenters. The molecule has 5 heteroatoms. The maximum absolute atomic E-state index is 12.1. The lowest BCUT2D eigenvalue weighted by atomic mass is 10.2. The van der Waals surface area contributed by atoms with Crippen LogP contribution in [0.1, 0.15) is 6.92 Å². The topological polar surface area (TPSA) is 49.4 Å². The summed E-state index contributed by atoms with van der Waals surface area (Å²) in [5.41, 5.74) is 0.616. The lowest BCUT2D eigenvalue weighted by Gasteiger charge is -2.15. The number of amides is 3. The standard InChI is InChI=1S/C12H14N2O2S/c1-8(17-2)10-11(15)14(12(16)13-10)9-6-4-3-5-7-9/h3-8,10H,1-2H3,(H,13,16). The molecule has 17 heavy (non-hydrogen) atoms. The quantitative estimate of drug-likeness (QED) is 0.833. The minimum Gasteiger partial charge on any atom is -0.324 e. The zero-order valence-electron chi connectivity index (χ0n) is 9.71. The van der Waals surface area contributed by atoms with Gasteiger partial charge in [0, 0.05) is 5.25 Å². The van der Waals surface area contributed by atoms with Gasteiger partial charge in [-0.2, -0.15) is 11.8 Å². The average molecular weight is 250 g/mol. The van der Waals surface area contributed by atoms with Crippen molar-refractivity contribution in [3.05, 3.63) is 30.3 Å². The van der Waals surface area contributed by atoms with Crippen LogP contribution in [-0.4, -0.2) is 29.5 Å². The van der Waals surface area contributed by atoms with Crippen molar-refractivity contribution in [3.63, 3.8) is 0 Å². The Morgan fingerprint density at radius 3 is 2.53 bits per heavy atom. The highest BCUT2D eigenvalue weighted by molar-refractivity contribution is 7.99. The predicted octanol–water partition coefficient (Wildman–Crippen LogP) is 1.86. The van der Waals surface area contributed by atoms with Crippen LogP contribution in [0.5, 0.6) is 0 Å². The molecule has 0 spiro atoms. The summed E-state index contributed by atoms with van der Waals surface area (Å²) in [6.45, 7) is 1.93. The van der Waals surface area contributed by atoms with E-state index in [1.54, 1.807) is 36.0 Å². The highest BCUT2D eigenvalue weighted by Crippen LogP contribution is 2.23. The number of carbonyl (C=O) groups is 2. The van der Waals surface area contributed by atoms with Gasteiger partial charge in [0.2, 0.25) is 0 Å². The molecule has 1 aromatic rings. The molecule has 0 bridgehead atoms. The van der Waals surface area contributed by atoms with Gasteiger partial charge >= 0.3 is 6.03 Å². The number of hydrogen-bond donors (Lipinski definition) is 1. The van der Waals surface area contributed by atoms with Crippen LogP contribution in [0.3, 0.4) is 0 Å². The number of urea groups is 1. The Balaban J connectivity index is 2.26. The van der Waals surface area contributed by atoms with Crippen LogP contribution in [0.2, 0.25) is 0 Å². The molecule has 0 saturated carbocycles. The molecule has 1 aliphatic rings. The van der Waals surface area contributed by atoms with E-state index < -0.39 is 6.04 Å². The molecule has 1 N–H and O–H groups in total. The second-order valence-electron chi connectivity index (χ2n) is 3.88. The van der Waals surface area contributed by atoms with Crippen LogP contribution in [0.4, 0.5) is 10.5 Å². The molecule has 1 fully saturated rings. The van der Waals surface area contributed by atoms with E-state index >= 15 is 0 Å². The van der Waals surface area contributed by atoms with E-state index in [1.165, 1.54) is 4.90 Å². The van der Waals surface area contributed by atoms with Crippen molar-refractivity contribution in [2.45, 2.75) is 18.2 Å². The third kappa shape index (κ3) is 2.15. The lowest BCUT2D eigenvalue weighted by molar-refractivity contribution is -0.118. The van der Waals surface area contributed by atoms with Gasteiger partial charge in [-0.25, -0.2) is 9.69 Å². The fraction of sp³-hybridized carbons (Fsp3) is 0.333. The highest BCUT2D eigenvalue weighted by Gasteiger charge is 2.41. The van der Waals surface area contributed by atoms with Crippen molar-refractivity contribution in [1.82, 2.24) is 5.32 Å². The van der Waals surface area contributed by atoms with Crippen LogP contribution in [0.15, 0.2) is 30.3 Å². The predicted molar refractivity (Wildman–Crippen MR) is 69.2 cm³/mol. The van der Waals surface area contributed by atoms with Gasteiger partial charge in [-0.05, 0) is 18.4 Å². The van der Waals surface area contributed by atoms with Gasteiger partial charge in [0.1, 0.15) is 6.04 Å². The molecule has 1 aromatic carbocycles. The number of rotatable bonds is 3. The van der Waals surface area contributed by atoms with E-state index in [2.05, 4.69) is 5.32 Å². The second kappa shape index (κ2) is 4.79. The van der Waals surface area contributed by atoms with Gasteiger partial charge in [-0.15, -0.1) is 0 Å². The van der Waals surface area contributed by atoms with E-state index in [0.717, 1.165) is 0 Å². The van der Waals surface area contributed by atoms with Crippen molar-refractivity contribution < 1.29 is 9.59 Å². The molecule has 1 saturated heterocycles. The van der Waals surface area contributed by atoms with Crippen molar-refractivity contribution in [2.75, 3.05) is 11.2 Å². The largest absolute Gasteiger partial charge is 0.329 e. The molecular weight excluding hydrogens is 236 g/mol. The highest BCUT2D eigenvalue weighted by atomic mass is 32.2. The number of benzene rings is 1. The molecule has 1 aliphatic heterocycles. The van der Waals surface area contributed by atoms with Crippen molar-refractivity contribution in [3.8, 4) is 0 Å². The maximum Gasteiger partial charge on any atom is 0.329 e. The number of thioether (sulfide) groups is 1. The Morgan fingerprint density at radius 2 is 1.94 bits per heavy atom. The minimum atomic E-state index is -0.433. The molecule has 0 radical (unpaired) electrons. The van der Waals surface area contributed by atoms with Crippen LogP contribution in [0.25, 0.3) is 0 Å². The third-order valence-electron chi connectivity index (χ3n) is 2.82. The monoisotopic (exact) mass is 250 g/mol. The Kier molecular flexibility index (Phi) is 3.38. The van der Waals surface area contributed by atoms with Gasteiger partial charge < -0.3 is 5.32 Å². The van der Waals surface area contributed by atoms with Crippen molar-refractivity contribution >= 4 is 29.4 Å². The average Bonchev–Trinajstić information content (AvgIpc) is 2.65. The number of nitrogens with one attached hydrogen (secondary N) is 1. The zero-order valence-corrected chi connectivity index (χ0v) is 10.5. The van der Waals surface area contributed by atoms with Crippen molar-refractivity contribution in [2.24, 2.45) is 0 Å². The summed E-state index contributed by atoms with van der Waals surface area (Å²) < 4.78 is 0. The number of anilines is 1. The first-order valence-corrected chi connectivity index (χ1v) is 6.66. The molecule has 4 nitrogen and oxygen atoms in total. The van der Waals surface area contributed by atoms with Crippen molar-refractivity contribution in [1.29, 1.82) is 0 Å². The number of imide groups is 1. The first-order chi connectivity index (χ1) is 8.15. The number of nitrogens with zero attached hydrogens (tertiary/aromatic N) is 1. The van der Waals surface area contributed by atoms with Gasteiger partial charge in [-0.1, -0.05) is 25.1 Å². The molecular formula is C12H14N2O2S. The molecule has 3 amide bonds. The SMILES string of the molecule is CSC(C)C1NC(=O)N(c2ccccc2)C1=O. The summed E-state index contributed by atoms with van der Waals surface area (Å²) in [7, 11) is 0. The van der Waals surface area contributed by atoms with E-state index in [1.807, 2.05) is 19.2 Å². The first kappa shape index (κ1) is 12.0. The number of hydrogen-bond acceptors (Lipinski definition) is 3. The minimum absolute atomic E-state index is 0.0696. The first-order valence-electron chi connectivity index (χ1n) is 5.37. The molecule has 0 aromatic heterocycles. The van der Waals surface area contributed by atoms with E-state index in [4.69, 9.17) is 0 Å². The van der Waals surface area contributed by atoms with Crippen LogP contribution < -0.4 is 10.2 Å². The van der Waals surface area contributed by atoms with E-state index in [9.17, 15) is 9.59 Å². The second-order valence-corrected chi connectivity index (χ2v) is 5.09. The third-order valence-corrected chi connectivity index (χ3v) is 3.84. The molecule has 90 valence electrons. The van der Waals surface area contributed by atoms with Gasteiger partial charge in [0.15, 0.2) is 0 Å². The van der Waals surface area contributed by atoms with E-state index in [-0.39, 0.29) is 17.2 Å². The fourth-order valence-electron chi connectivity index (χ4n) is 1.77. The molecule has 1 heterocycles. The molecule has 2 atom stereocenters. The van der Waals surface area contributed by atoms with Gasteiger partial charge in [0.05, 0.1) is 5.69 Å². The number of para-hydroxylation sites is 1. The van der Waals surface area contributed by atoms with Gasteiger partial charge in [0.25, 0.3) is 5.91 Å². The lowest BCUT2D eigenvalue weighted by Crippen LogP contribution is -2.37. The summed E-state index contributed by atoms with van der Waals surface area (Å²) in [4.78, 5) is 25.2.